The number of hydrogen-bond donors (Lipinski definition) is 2. The van der Waals surface area contributed by atoms with Gasteiger partial charge in [0.15, 0.2) is 6.54 Å². The first-order valence-electron chi connectivity index (χ1n) is 7.49. The maximum absolute atomic E-state index is 12.3. The molecule has 0 aromatic heterocycles. The molecule has 0 aliphatic carbocycles. The number of quaternary nitrogens is 1. The topological polar surface area (TPSA) is 42.8 Å². The van der Waals surface area contributed by atoms with Crippen molar-refractivity contribution < 1.29 is 14.4 Å². The number of ether oxygens (including phenoxy) is 1. The Morgan fingerprint density at radius 3 is 2.70 bits per heavy atom. The Morgan fingerprint density at radius 1 is 1.26 bits per heavy atom. The molecule has 1 amide bonds. The Hall–Kier alpha value is -2.04. The molecule has 0 heterocycles. The van der Waals surface area contributed by atoms with Crippen molar-refractivity contribution in [2.45, 2.75) is 13.5 Å². The Balaban J connectivity index is 1.97. The van der Waals surface area contributed by atoms with Crippen molar-refractivity contribution in [1.82, 2.24) is 0 Å². The van der Waals surface area contributed by atoms with Gasteiger partial charge < -0.3 is 15.0 Å². The van der Waals surface area contributed by atoms with E-state index < -0.39 is 0 Å². The first-order valence-corrected chi connectivity index (χ1v) is 7.86. The Kier molecular flexibility index (Phi) is 6.02. The SMILES string of the molecule is COc1ccc(C)cc1NC(=O)C[NH+](C)Cc1ccccc1Cl. The standard InChI is InChI=1S/C18H21ClN2O2/c1-13-8-9-17(23-3)16(10-13)20-18(22)12-21(2)11-14-6-4-5-7-15(14)19/h4-10H,11-12H2,1-3H3,(H,20,22)/p+1. The van der Waals surface area contributed by atoms with Gasteiger partial charge >= 0.3 is 0 Å². The molecule has 0 saturated heterocycles. The van der Waals surface area contributed by atoms with Gasteiger partial charge in [0.25, 0.3) is 5.91 Å². The molecule has 0 saturated carbocycles. The summed E-state index contributed by atoms with van der Waals surface area (Å²) < 4.78 is 5.28. The van der Waals surface area contributed by atoms with Crippen LogP contribution in [0, 0.1) is 6.92 Å². The number of rotatable bonds is 6. The van der Waals surface area contributed by atoms with Crippen LogP contribution >= 0.6 is 11.6 Å². The molecule has 0 aliphatic rings. The zero-order valence-corrected chi connectivity index (χ0v) is 14.4. The molecular formula is C18H22ClN2O2+. The smallest absolute Gasteiger partial charge is 0.279 e. The summed E-state index contributed by atoms with van der Waals surface area (Å²) in [5, 5.41) is 3.65. The van der Waals surface area contributed by atoms with Gasteiger partial charge in [0.2, 0.25) is 0 Å². The van der Waals surface area contributed by atoms with E-state index in [1.807, 2.05) is 56.4 Å². The molecule has 4 nitrogen and oxygen atoms in total. The average molecular weight is 334 g/mol. The van der Waals surface area contributed by atoms with Crippen LogP contribution in [0.4, 0.5) is 5.69 Å². The van der Waals surface area contributed by atoms with Crippen LogP contribution < -0.4 is 15.0 Å². The monoisotopic (exact) mass is 333 g/mol. The van der Waals surface area contributed by atoms with Gasteiger partial charge in [-0.3, -0.25) is 4.79 Å². The van der Waals surface area contributed by atoms with Crippen molar-refractivity contribution in [3.63, 3.8) is 0 Å². The summed E-state index contributed by atoms with van der Waals surface area (Å²) in [5.41, 5.74) is 2.80. The van der Waals surface area contributed by atoms with Crippen LogP contribution in [0.2, 0.25) is 5.02 Å². The van der Waals surface area contributed by atoms with E-state index in [1.165, 1.54) is 0 Å². The quantitative estimate of drug-likeness (QED) is 0.852. The molecule has 2 rings (SSSR count). The van der Waals surface area contributed by atoms with Crippen LogP contribution in [0.5, 0.6) is 5.75 Å². The van der Waals surface area contributed by atoms with Gasteiger partial charge in [0, 0.05) is 10.6 Å². The van der Waals surface area contributed by atoms with Crippen molar-refractivity contribution in [3.8, 4) is 5.75 Å². The molecule has 5 heteroatoms. The number of anilines is 1. The van der Waals surface area contributed by atoms with Gasteiger partial charge in [-0.1, -0.05) is 35.9 Å². The highest BCUT2D eigenvalue weighted by molar-refractivity contribution is 6.31. The summed E-state index contributed by atoms with van der Waals surface area (Å²) in [5.74, 6) is 0.603. The zero-order valence-electron chi connectivity index (χ0n) is 13.7. The van der Waals surface area contributed by atoms with E-state index in [0.29, 0.717) is 24.5 Å². The third kappa shape index (κ3) is 4.98. The number of amides is 1. The molecule has 2 aromatic rings. The summed E-state index contributed by atoms with van der Waals surface area (Å²) in [7, 11) is 3.56. The number of likely N-dealkylation sites (N-methyl/N-ethyl adjacent to an activating group) is 1. The van der Waals surface area contributed by atoms with E-state index in [-0.39, 0.29) is 5.91 Å². The zero-order chi connectivity index (χ0) is 16.8. The molecule has 2 N–H and O–H groups in total. The third-order valence-electron chi connectivity index (χ3n) is 3.54. The number of carbonyl (C=O) groups excluding carboxylic acids is 1. The molecule has 0 bridgehead atoms. The largest absolute Gasteiger partial charge is 0.495 e. The Labute approximate surface area is 142 Å². The summed E-state index contributed by atoms with van der Waals surface area (Å²) in [4.78, 5) is 13.3. The van der Waals surface area contributed by atoms with Crippen LogP contribution in [0.25, 0.3) is 0 Å². The first-order chi connectivity index (χ1) is 11.0. The summed E-state index contributed by atoms with van der Waals surface area (Å²) in [6.07, 6.45) is 0. The highest BCUT2D eigenvalue weighted by atomic mass is 35.5. The van der Waals surface area contributed by atoms with E-state index in [9.17, 15) is 4.79 Å². The van der Waals surface area contributed by atoms with Crippen molar-refractivity contribution in [2.75, 3.05) is 26.0 Å². The highest BCUT2D eigenvalue weighted by Gasteiger charge is 2.14. The van der Waals surface area contributed by atoms with E-state index in [4.69, 9.17) is 16.3 Å². The lowest BCUT2D eigenvalue weighted by atomic mass is 10.2. The fourth-order valence-corrected chi connectivity index (χ4v) is 2.62. The van der Waals surface area contributed by atoms with Crippen molar-refractivity contribution >= 4 is 23.2 Å². The summed E-state index contributed by atoms with van der Waals surface area (Å²) in [6, 6.07) is 13.4. The predicted octanol–water partition coefficient (Wildman–Crippen LogP) is 2.31. The van der Waals surface area contributed by atoms with Gasteiger partial charge in [0.05, 0.1) is 19.8 Å². The minimum Gasteiger partial charge on any atom is -0.495 e. The number of halogens is 1. The predicted molar refractivity (Wildman–Crippen MR) is 93.3 cm³/mol. The number of carbonyl (C=O) groups is 1. The molecule has 0 fully saturated rings. The second kappa shape index (κ2) is 7.99. The third-order valence-corrected chi connectivity index (χ3v) is 3.91. The van der Waals surface area contributed by atoms with Gasteiger partial charge in [-0.2, -0.15) is 0 Å². The number of aryl methyl sites for hydroxylation is 1. The Morgan fingerprint density at radius 2 is 2.00 bits per heavy atom. The van der Waals surface area contributed by atoms with Gasteiger partial charge in [-0.15, -0.1) is 0 Å². The highest BCUT2D eigenvalue weighted by Crippen LogP contribution is 2.24. The molecule has 2 aromatic carbocycles. The van der Waals surface area contributed by atoms with Crippen LogP contribution in [0.1, 0.15) is 11.1 Å². The van der Waals surface area contributed by atoms with E-state index >= 15 is 0 Å². The lowest BCUT2D eigenvalue weighted by Crippen LogP contribution is -3.08. The maximum Gasteiger partial charge on any atom is 0.279 e. The fourth-order valence-electron chi connectivity index (χ4n) is 2.42. The number of methoxy groups -OCH3 is 1. The molecule has 1 atom stereocenters. The van der Waals surface area contributed by atoms with Crippen molar-refractivity contribution in [3.05, 3.63) is 58.6 Å². The fraction of sp³-hybridized carbons (Fsp3) is 0.278. The van der Waals surface area contributed by atoms with Crippen LogP contribution in [-0.2, 0) is 11.3 Å². The minimum absolute atomic E-state index is 0.0570. The second-order valence-electron chi connectivity index (χ2n) is 5.65. The van der Waals surface area contributed by atoms with Gasteiger partial charge in [-0.25, -0.2) is 0 Å². The van der Waals surface area contributed by atoms with Crippen molar-refractivity contribution in [1.29, 1.82) is 0 Å². The van der Waals surface area contributed by atoms with Gasteiger partial charge in [0.1, 0.15) is 12.3 Å². The normalized spacial score (nSPS) is 11.8. The summed E-state index contributed by atoms with van der Waals surface area (Å²) in [6.45, 7) is 3.02. The molecule has 23 heavy (non-hydrogen) atoms. The van der Waals surface area contributed by atoms with Crippen LogP contribution in [-0.4, -0.2) is 26.6 Å². The average Bonchev–Trinajstić information content (AvgIpc) is 2.49. The minimum atomic E-state index is -0.0570. The van der Waals surface area contributed by atoms with Crippen molar-refractivity contribution in [2.24, 2.45) is 0 Å². The van der Waals surface area contributed by atoms with Gasteiger partial charge in [-0.05, 0) is 30.7 Å². The number of benzene rings is 2. The van der Waals surface area contributed by atoms with E-state index in [0.717, 1.165) is 21.0 Å². The molecule has 0 aliphatic heterocycles. The molecule has 1 unspecified atom stereocenters. The lowest BCUT2D eigenvalue weighted by Gasteiger charge is -2.16. The summed E-state index contributed by atoms with van der Waals surface area (Å²) >= 11 is 6.16. The maximum atomic E-state index is 12.3. The van der Waals surface area contributed by atoms with Crippen LogP contribution in [0.3, 0.4) is 0 Å². The number of nitrogens with one attached hydrogen (secondary N) is 2. The van der Waals surface area contributed by atoms with E-state index in [1.54, 1.807) is 7.11 Å². The second-order valence-corrected chi connectivity index (χ2v) is 6.06. The molecule has 0 spiro atoms. The Bertz CT molecular complexity index is 688. The molecular weight excluding hydrogens is 312 g/mol. The first kappa shape index (κ1) is 17.3. The number of hydrogen-bond acceptors (Lipinski definition) is 2. The molecule has 122 valence electrons. The molecule has 0 radical (unpaired) electrons. The van der Waals surface area contributed by atoms with Crippen LogP contribution in [0.15, 0.2) is 42.5 Å². The lowest BCUT2D eigenvalue weighted by molar-refractivity contribution is -0.885. The van der Waals surface area contributed by atoms with E-state index in [2.05, 4.69) is 5.32 Å².